The molecule has 0 aromatic carbocycles. The molecule has 0 spiro atoms. The molecule has 0 aliphatic carbocycles. The standard InChI is InChI=1S/C9H15N3O4/c10-6-1-2-12(4-11-6)9-8(15)7(14)5(3-13)16-9/h1-2,5,7-9,13-15H,3-4H2,(H2,10,11)/t5-,7?,8-,9?/m1/s1. The molecule has 4 atom stereocenters. The van der Waals surface area contributed by atoms with Crippen LogP contribution in [-0.4, -0.2) is 63.9 Å². The smallest absolute Gasteiger partial charge is 0.160 e. The molecule has 2 aliphatic heterocycles. The summed E-state index contributed by atoms with van der Waals surface area (Å²) < 4.78 is 5.32. The third-order valence-corrected chi connectivity index (χ3v) is 2.70. The Kier molecular flexibility index (Phi) is 3.10. The van der Waals surface area contributed by atoms with E-state index in [1.807, 2.05) is 0 Å². The van der Waals surface area contributed by atoms with Crippen molar-refractivity contribution in [2.24, 2.45) is 10.7 Å². The van der Waals surface area contributed by atoms with Gasteiger partial charge in [-0.3, -0.25) is 0 Å². The van der Waals surface area contributed by atoms with Crippen molar-refractivity contribution in [1.29, 1.82) is 0 Å². The van der Waals surface area contributed by atoms with Crippen molar-refractivity contribution < 1.29 is 20.1 Å². The van der Waals surface area contributed by atoms with Gasteiger partial charge in [0.2, 0.25) is 0 Å². The van der Waals surface area contributed by atoms with Crippen molar-refractivity contribution in [3.8, 4) is 0 Å². The molecule has 5 N–H and O–H groups in total. The lowest BCUT2D eigenvalue weighted by Crippen LogP contribution is -2.43. The molecular weight excluding hydrogens is 214 g/mol. The van der Waals surface area contributed by atoms with Crippen LogP contribution in [0.1, 0.15) is 0 Å². The Labute approximate surface area is 92.4 Å². The maximum Gasteiger partial charge on any atom is 0.160 e. The lowest BCUT2D eigenvalue weighted by atomic mass is 10.1. The van der Waals surface area contributed by atoms with Crippen molar-refractivity contribution in [1.82, 2.24) is 4.90 Å². The summed E-state index contributed by atoms with van der Waals surface area (Å²) >= 11 is 0. The zero-order valence-corrected chi connectivity index (χ0v) is 8.60. The van der Waals surface area contributed by atoms with E-state index in [4.69, 9.17) is 15.6 Å². The van der Waals surface area contributed by atoms with Crippen molar-refractivity contribution >= 4 is 5.84 Å². The lowest BCUT2D eigenvalue weighted by molar-refractivity contribution is -0.0791. The van der Waals surface area contributed by atoms with Crippen molar-refractivity contribution in [3.05, 3.63) is 12.3 Å². The van der Waals surface area contributed by atoms with E-state index in [1.165, 1.54) is 0 Å². The highest BCUT2D eigenvalue weighted by Gasteiger charge is 2.44. The number of aliphatic hydroxyl groups excluding tert-OH is 3. The van der Waals surface area contributed by atoms with Gasteiger partial charge >= 0.3 is 0 Å². The Hall–Kier alpha value is -1.15. The molecule has 2 unspecified atom stereocenters. The molecule has 90 valence electrons. The summed E-state index contributed by atoms with van der Waals surface area (Å²) in [6.07, 6.45) is -0.416. The zero-order valence-electron chi connectivity index (χ0n) is 8.60. The largest absolute Gasteiger partial charge is 0.394 e. The van der Waals surface area contributed by atoms with Gasteiger partial charge in [-0.1, -0.05) is 0 Å². The third-order valence-electron chi connectivity index (χ3n) is 2.70. The lowest BCUT2D eigenvalue weighted by Gasteiger charge is -2.29. The number of nitrogens with zero attached hydrogens (tertiary/aromatic N) is 2. The van der Waals surface area contributed by atoms with Gasteiger partial charge in [-0.2, -0.15) is 0 Å². The predicted molar refractivity (Wildman–Crippen MR) is 55.2 cm³/mol. The number of hydrogen-bond acceptors (Lipinski definition) is 7. The fourth-order valence-corrected chi connectivity index (χ4v) is 1.75. The molecule has 7 nitrogen and oxygen atoms in total. The van der Waals surface area contributed by atoms with Gasteiger partial charge in [0, 0.05) is 6.20 Å². The summed E-state index contributed by atoms with van der Waals surface area (Å²) in [6.45, 7) is -0.0768. The number of ether oxygens (including phenoxy) is 1. The average Bonchev–Trinajstić information content (AvgIpc) is 2.57. The highest BCUT2D eigenvalue weighted by atomic mass is 16.6. The molecule has 1 fully saturated rings. The summed E-state index contributed by atoms with van der Waals surface area (Å²) in [6, 6.07) is 0. The maximum atomic E-state index is 9.74. The van der Waals surface area contributed by atoms with Gasteiger partial charge in [0.1, 0.15) is 30.8 Å². The summed E-state index contributed by atoms with van der Waals surface area (Å²) in [4.78, 5) is 5.58. The van der Waals surface area contributed by atoms with Crippen molar-refractivity contribution in [2.75, 3.05) is 13.3 Å². The zero-order chi connectivity index (χ0) is 11.7. The minimum atomic E-state index is -1.09. The van der Waals surface area contributed by atoms with E-state index in [9.17, 15) is 10.2 Å². The molecule has 0 aromatic heterocycles. The molecule has 16 heavy (non-hydrogen) atoms. The molecule has 1 saturated heterocycles. The first-order chi connectivity index (χ1) is 7.63. The Bertz CT molecular complexity index is 320. The fourth-order valence-electron chi connectivity index (χ4n) is 1.75. The number of nitrogens with two attached hydrogens (primary N) is 1. The van der Waals surface area contributed by atoms with Crippen LogP contribution in [0.2, 0.25) is 0 Å². The van der Waals surface area contributed by atoms with Crippen LogP contribution in [0.3, 0.4) is 0 Å². The minimum absolute atomic E-state index is 0.259. The molecular formula is C9H15N3O4. The SMILES string of the molecule is NC1=NCN(C2O[C@H](CO)C(O)[C@H]2O)C=C1. The molecule has 0 saturated carbocycles. The van der Waals surface area contributed by atoms with E-state index in [0.717, 1.165) is 0 Å². The van der Waals surface area contributed by atoms with E-state index < -0.39 is 24.5 Å². The molecule has 2 aliphatic rings. The van der Waals surface area contributed by atoms with Crippen LogP contribution < -0.4 is 5.73 Å². The van der Waals surface area contributed by atoms with Gasteiger partial charge in [0.05, 0.1) is 6.61 Å². The van der Waals surface area contributed by atoms with Gasteiger partial charge < -0.3 is 30.7 Å². The number of rotatable bonds is 2. The Morgan fingerprint density at radius 2 is 2.25 bits per heavy atom. The van der Waals surface area contributed by atoms with E-state index in [-0.39, 0.29) is 13.3 Å². The topological polar surface area (TPSA) is 112 Å². The van der Waals surface area contributed by atoms with Gasteiger partial charge in [0.25, 0.3) is 0 Å². The van der Waals surface area contributed by atoms with Crippen LogP contribution in [-0.2, 0) is 4.74 Å². The van der Waals surface area contributed by atoms with E-state index in [2.05, 4.69) is 4.99 Å². The number of aliphatic imine (C=N–C) groups is 1. The van der Waals surface area contributed by atoms with Crippen molar-refractivity contribution in [3.63, 3.8) is 0 Å². The van der Waals surface area contributed by atoms with Gasteiger partial charge in [0.15, 0.2) is 6.23 Å². The quantitative estimate of drug-likeness (QED) is 0.419. The van der Waals surface area contributed by atoms with Gasteiger partial charge in [-0.05, 0) is 6.08 Å². The van der Waals surface area contributed by atoms with E-state index in [0.29, 0.717) is 5.84 Å². The van der Waals surface area contributed by atoms with Crippen LogP contribution in [0.25, 0.3) is 0 Å². The Balaban J connectivity index is 2.04. The molecule has 0 radical (unpaired) electrons. The third kappa shape index (κ3) is 1.90. The summed E-state index contributed by atoms with van der Waals surface area (Å²) in [5, 5.41) is 28.2. The first-order valence-electron chi connectivity index (χ1n) is 5.00. The second-order valence-corrected chi connectivity index (χ2v) is 3.78. The first-order valence-corrected chi connectivity index (χ1v) is 5.00. The van der Waals surface area contributed by atoms with E-state index in [1.54, 1.807) is 17.2 Å². The molecule has 0 aromatic rings. The number of amidine groups is 1. The number of aliphatic hydroxyl groups is 3. The number of hydrogen-bond donors (Lipinski definition) is 4. The monoisotopic (exact) mass is 229 g/mol. The molecule has 2 rings (SSSR count). The predicted octanol–water partition coefficient (Wildman–Crippen LogP) is -2.43. The molecule has 7 heteroatoms. The van der Waals surface area contributed by atoms with Crippen LogP contribution in [0.15, 0.2) is 17.3 Å². The minimum Gasteiger partial charge on any atom is -0.394 e. The van der Waals surface area contributed by atoms with Gasteiger partial charge in [-0.25, -0.2) is 4.99 Å². The van der Waals surface area contributed by atoms with Crippen LogP contribution in [0.4, 0.5) is 0 Å². The summed E-state index contributed by atoms with van der Waals surface area (Å²) in [5.41, 5.74) is 5.45. The van der Waals surface area contributed by atoms with Crippen LogP contribution in [0.5, 0.6) is 0 Å². The fraction of sp³-hybridized carbons (Fsp3) is 0.667. The summed E-state index contributed by atoms with van der Waals surface area (Å²) in [5.74, 6) is 0.406. The summed E-state index contributed by atoms with van der Waals surface area (Å²) in [7, 11) is 0. The first kappa shape index (κ1) is 11.3. The molecule has 0 amide bonds. The second kappa shape index (κ2) is 4.38. The average molecular weight is 229 g/mol. The molecule has 0 bridgehead atoms. The highest BCUT2D eigenvalue weighted by Crippen LogP contribution is 2.24. The van der Waals surface area contributed by atoms with Gasteiger partial charge in [-0.15, -0.1) is 0 Å². The van der Waals surface area contributed by atoms with Crippen LogP contribution in [0, 0.1) is 0 Å². The highest BCUT2D eigenvalue weighted by molar-refractivity contribution is 5.91. The van der Waals surface area contributed by atoms with E-state index >= 15 is 0 Å². The van der Waals surface area contributed by atoms with Crippen LogP contribution >= 0.6 is 0 Å². The Morgan fingerprint density at radius 1 is 1.50 bits per heavy atom. The maximum absolute atomic E-state index is 9.74. The second-order valence-electron chi connectivity index (χ2n) is 3.78. The normalized spacial score (nSPS) is 38.9. The van der Waals surface area contributed by atoms with Crippen molar-refractivity contribution in [2.45, 2.75) is 24.5 Å². The Morgan fingerprint density at radius 3 is 2.75 bits per heavy atom. The molecule has 2 heterocycles.